The minimum atomic E-state index is -4.01. The molecule has 0 saturated carbocycles. The predicted octanol–water partition coefficient (Wildman–Crippen LogP) is 1.36. The molecular weight excluding hydrogens is 398 g/mol. The quantitative estimate of drug-likeness (QED) is 0.555. The van der Waals surface area contributed by atoms with Crippen molar-refractivity contribution in [3.05, 3.63) is 48.0 Å². The molecule has 10 heteroatoms. The number of fused-ring (bicyclic) bond motifs is 1. The van der Waals surface area contributed by atoms with Crippen molar-refractivity contribution in [1.82, 2.24) is 10.3 Å². The fourth-order valence-electron chi connectivity index (χ4n) is 2.69. The van der Waals surface area contributed by atoms with Crippen LogP contribution in [0, 0.1) is 0 Å². The lowest BCUT2D eigenvalue weighted by molar-refractivity contribution is -0.127. The number of carbonyl (C=O) groups is 2. The molecule has 0 unspecified atom stereocenters. The highest BCUT2D eigenvalue weighted by Gasteiger charge is 2.23. The molecule has 29 heavy (non-hydrogen) atoms. The summed E-state index contributed by atoms with van der Waals surface area (Å²) >= 11 is 0. The molecule has 2 aromatic carbocycles. The van der Waals surface area contributed by atoms with E-state index >= 15 is 0 Å². The molecule has 0 saturated heterocycles. The Morgan fingerprint density at radius 1 is 1.17 bits per heavy atom. The minimum Gasteiger partial charge on any atom is -0.494 e. The summed E-state index contributed by atoms with van der Waals surface area (Å²) in [5, 5.41) is 2.63. The van der Waals surface area contributed by atoms with Crippen molar-refractivity contribution in [3.8, 4) is 11.5 Å². The molecule has 0 aliphatic carbocycles. The number of carbonyl (C=O) groups excluding carboxylic acids is 2. The minimum absolute atomic E-state index is 0.0619. The average molecular weight is 419 g/mol. The van der Waals surface area contributed by atoms with Gasteiger partial charge in [0, 0.05) is 5.69 Å². The van der Waals surface area contributed by atoms with Gasteiger partial charge in [0.05, 0.1) is 17.9 Å². The molecule has 3 rings (SSSR count). The monoisotopic (exact) mass is 419 g/mol. The first kappa shape index (κ1) is 20.6. The van der Waals surface area contributed by atoms with Gasteiger partial charge in [-0.15, -0.1) is 4.83 Å². The summed E-state index contributed by atoms with van der Waals surface area (Å²) in [6.07, 6.45) is -0.838. The van der Waals surface area contributed by atoms with Gasteiger partial charge in [-0.05, 0) is 61.9 Å². The smallest absolute Gasteiger partial charge is 0.275 e. The van der Waals surface area contributed by atoms with Crippen molar-refractivity contribution >= 4 is 27.5 Å². The molecule has 0 spiro atoms. The normalized spacial score (nSPS) is 13.9. The van der Waals surface area contributed by atoms with Crippen LogP contribution in [-0.2, 0) is 26.0 Å². The average Bonchev–Trinajstić information content (AvgIpc) is 3.07. The second-order valence-corrected chi connectivity index (χ2v) is 7.99. The third-order valence-electron chi connectivity index (χ3n) is 4.14. The van der Waals surface area contributed by atoms with Crippen LogP contribution in [0.15, 0.2) is 47.4 Å². The van der Waals surface area contributed by atoms with E-state index in [0.29, 0.717) is 29.4 Å². The molecule has 0 radical (unpaired) electrons. The highest BCUT2D eigenvalue weighted by atomic mass is 32.2. The SMILES string of the molecule is CCOc1ccc(O[C@@H](C)C(=O)NNS(=O)(=O)c2ccc3c(c2)CC(=O)N3)cc1. The van der Waals surface area contributed by atoms with Crippen LogP contribution in [0.25, 0.3) is 0 Å². The van der Waals surface area contributed by atoms with Gasteiger partial charge < -0.3 is 14.8 Å². The maximum absolute atomic E-state index is 12.4. The summed E-state index contributed by atoms with van der Waals surface area (Å²) in [5.74, 6) is 0.252. The first-order chi connectivity index (χ1) is 13.8. The molecular formula is C19H21N3O6S. The first-order valence-corrected chi connectivity index (χ1v) is 10.4. The van der Waals surface area contributed by atoms with Crippen molar-refractivity contribution in [2.24, 2.45) is 0 Å². The zero-order chi connectivity index (χ0) is 21.0. The molecule has 2 amide bonds. The van der Waals surface area contributed by atoms with E-state index < -0.39 is 22.0 Å². The second kappa shape index (κ2) is 8.50. The molecule has 1 aliphatic rings. The number of benzene rings is 2. The Labute approximate surface area is 168 Å². The summed E-state index contributed by atoms with van der Waals surface area (Å²) in [6, 6.07) is 11.0. The Morgan fingerprint density at radius 3 is 2.55 bits per heavy atom. The lowest BCUT2D eigenvalue weighted by Crippen LogP contribution is -2.47. The van der Waals surface area contributed by atoms with Crippen LogP contribution in [-0.4, -0.2) is 32.9 Å². The first-order valence-electron chi connectivity index (χ1n) is 8.92. The van der Waals surface area contributed by atoms with Gasteiger partial charge in [0.25, 0.3) is 15.9 Å². The van der Waals surface area contributed by atoms with Gasteiger partial charge in [-0.3, -0.25) is 15.0 Å². The van der Waals surface area contributed by atoms with E-state index in [9.17, 15) is 18.0 Å². The Bertz CT molecular complexity index is 1020. The van der Waals surface area contributed by atoms with Crippen LogP contribution in [0.3, 0.4) is 0 Å². The summed E-state index contributed by atoms with van der Waals surface area (Å²) in [5.41, 5.74) is 3.30. The third-order valence-corrected chi connectivity index (χ3v) is 5.38. The Balaban J connectivity index is 1.57. The Hall–Kier alpha value is -3.11. The molecule has 1 atom stereocenters. The highest BCUT2D eigenvalue weighted by Crippen LogP contribution is 2.25. The van der Waals surface area contributed by atoms with Crippen LogP contribution in [0.4, 0.5) is 5.69 Å². The van der Waals surface area contributed by atoms with Gasteiger partial charge in [0.2, 0.25) is 5.91 Å². The zero-order valence-corrected chi connectivity index (χ0v) is 16.7. The molecule has 0 bridgehead atoms. The van der Waals surface area contributed by atoms with Gasteiger partial charge in [-0.25, -0.2) is 8.42 Å². The largest absolute Gasteiger partial charge is 0.494 e. The number of hydrogen-bond donors (Lipinski definition) is 3. The molecule has 0 fully saturated rings. The zero-order valence-electron chi connectivity index (χ0n) is 15.9. The van der Waals surface area contributed by atoms with E-state index in [1.165, 1.54) is 25.1 Å². The standard InChI is InChI=1S/C19H21N3O6S/c1-3-27-14-4-6-15(7-5-14)28-12(2)19(24)21-22-29(25,26)16-8-9-17-13(10-16)11-18(23)20-17/h4-10,12,22H,3,11H2,1-2H3,(H,20,23)(H,21,24)/t12-/m0/s1. The number of hydrazine groups is 1. The van der Waals surface area contributed by atoms with Crippen molar-refractivity contribution in [2.45, 2.75) is 31.3 Å². The lowest BCUT2D eigenvalue weighted by atomic mass is 10.2. The molecule has 9 nitrogen and oxygen atoms in total. The van der Waals surface area contributed by atoms with Crippen molar-refractivity contribution in [3.63, 3.8) is 0 Å². The van der Waals surface area contributed by atoms with E-state index in [4.69, 9.17) is 9.47 Å². The summed E-state index contributed by atoms with van der Waals surface area (Å²) in [4.78, 5) is 25.6. The van der Waals surface area contributed by atoms with E-state index in [0.717, 1.165) is 0 Å². The molecule has 1 heterocycles. The summed E-state index contributed by atoms with van der Waals surface area (Å²) in [7, 11) is -4.01. The van der Waals surface area contributed by atoms with Crippen molar-refractivity contribution in [1.29, 1.82) is 0 Å². The number of amides is 2. The van der Waals surface area contributed by atoms with Gasteiger partial charge in [-0.2, -0.15) is 0 Å². The molecule has 2 aromatic rings. The summed E-state index contributed by atoms with van der Waals surface area (Å²) < 4.78 is 35.7. The Morgan fingerprint density at radius 2 is 1.86 bits per heavy atom. The van der Waals surface area contributed by atoms with E-state index in [2.05, 4.69) is 10.7 Å². The number of nitrogens with one attached hydrogen (secondary N) is 3. The van der Waals surface area contributed by atoms with Crippen LogP contribution in [0.2, 0.25) is 0 Å². The fourth-order valence-corrected chi connectivity index (χ4v) is 3.59. The van der Waals surface area contributed by atoms with Crippen LogP contribution >= 0.6 is 0 Å². The van der Waals surface area contributed by atoms with Crippen LogP contribution in [0.5, 0.6) is 11.5 Å². The maximum Gasteiger partial charge on any atom is 0.275 e. The lowest BCUT2D eigenvalue weighted by Gasteiger charge is -2.16. The van der Waals surface area contributed by atoms with E-state index in [1.54, 1.807) is 24.3 Å². The number of sulfonamides is 1. The second-order valence-electron chi connectivity index (χ2n) is 6.30. The summed E-state index contributed by atoms with van der Waals surface area (Å²) in [6.45, 7) is 3.90. The number of rotatable bonds is 8. The molecule has 0 aromatic heterocycles. The van der Waals surface area contributed by atoms with Crippen molar-refractivity contribution in [2.75, 3.05) is 11.9 Å². The molecule has 154 valence electrons. The number of ether oxygens (including phenoxy) is 2. The van der Waals surface area contributed by atoms with Gasteiger partial charge in [-0.1, -0.05) is 0 Å². The van der Waals surface area contributed by atoms with Gasteiger partial charge in [0.1, 0.15) is 11.5 Å². The van der Waals surface area contributed by atoms with Gasteiger partial charge in [0.15, 0.2) is 6.10 Å². The van der Waals surface area contributed by atoms with E-state index in [1.807, 2.05) is 11.8 Å². The maximum atomic E-state index is 12.4. The topological polar surface area (TPSA) is 123 Å². The van der Waals surface area contributed by atoms with Crippen LogP contribution in [0.1, 0.15) is 19.4 Å². The Kier molecular flexibility index (Phi) is 6.04. The predicted molar refractivity (Wildman–Crippen MR) is 105 cm³/mol. The van der Waals surface area contributed by atoms with Crippen molar-refractivity contribution < 1.29 is 27.5 Å². The van der Waals surface area contributed by atoms with E-state index in [-0.39, 0.29) is 17.2 Å². The molecule has 3 N–H and O–H groups in total. The number of hydrogen-bond acceptors (Lipinski definition) is 6. The highest BCUT2D eigenvalue weighted by molar-refractivity contribution is 7.89. The number of anilines is 1. The van der Waals surface area contributed by atoms with Gasteiger partial charge >= 0.3 is 0 Å². The molecule has 1 aliphatic heterocycles. The third kappa shape index (κ3) is 5.04. The van der Waals surface area contributed by atoms with Crippen LogP contribution < -0.4 is 25.0 Å². The fraction of sp³-hybridized carbons (Fsp3) is 0.263.